The number of benzene rings is 3. The van der Waals surface area contributed by atoms with E-state index in [1.807, 2.05) is 22.8 Å². The van der Waals surface area contributed by atoms with Crippen LogP contribution in [0.3, 0.4) is 0 Å². The topological polar surface area (TPSA) is 25.2 Å². The Morgan fingerprint density at radius 2 is 1.65 bits per heavy atom. The molecule has 31 heavy (non-hydrogen) atoms. The van der Waals surface area contributed by atoms with Crippen LogP contribution in [-0.2, 0) is 11.8 Å². The molecular formula is C28H26N2O. The first-order valence-corrected chi connectivity index (χ1v) is 11.0. The molecule has 4 aromatic rings. The van der Waals surface area contributed by atoms with Crippen molar-refractivity contribution >= 4 is 22.5 Å². The van der Waals surface area contributed by atoms with Crippen molar-refractivity contribution in [3.05, 3.63) is 90.0 Å². The second kappa shape index (κ2) is 6.10. The number of nitrogens with zero attached hydrogens (tertiary/aromatic N) is 2. The zero-order valence-electron chi connectivity index (χ0n) is 18.2. The quantitative estimate of drug-likeness (QED) is 0.404. The average molecular weight is 407 g/mol. The van der Waals surface area contributed by atoms with Gasteiger partial charge in [0.25, 0.3) is 0 Å². The summed E-state index contributed by atoms with van der Waals surface area (Å²) in [5, 5.41) is 1.12. The van der Waals surface area contributed by atoms with E-state index in [4.69, 9.17) is 0 Å². The fourth-order valence-corrected chi connectivity index (χ4v) is 5.64. The largest absolute Gasteiger partial charge is 0.365 e. The number of rotatable bonds is 2. The maximum Gasteiger partial charge on any atom is 0.244 e. The number of hydrogen-bond donors (Lipinski definition) is 0. The molecule has 0 aliphatic carbocycles. The monoisotopic (exact) mass is 406 g/mol. The number of para-hydroxylation sites is 1. The van der Waals surface area contributed by atoms with Crippen LogP contribution in [0.2, 0.25) is 0 Å². The number of carbonyl (C=O) groups excluding carboxylic acids is 1. The van der Waals surface area contributed by atoms with Crippen molar-refractivity contribution in [1.29, 1.82) is 0 Å². The summed E-state index contributed by atoms with van der Waals surface area (Å²) in [6.07, 6.45) is 0.704. The minimum Gasteiger partial charge on any atom is -0.365 e. The molecule has 2 aliphatic rings. The molecule has 3 heterocycles. The second-order valence-electron chi connectivity index (χ2n) is 9.93. The summed E-state index contributed by atoms with van der Waals surface area (Å²) in [4.78, 5) is 16.9. The summed E-state index contributed by atoms with van der Waals surface area (Å²) in [6.45, 7) is 7.41. The third-order valence-corrected chi connectivity index (χ3v) is 7.00. The van der Waals surface area contributed by atoms with Crippen molar-refractivity contribution in [2.75, 3.05) is 11.4 Å². The Morgan fingerprint density at radius 1 is 0.903 bits per heavy atom. The molecular weight excluding hydrogens is 380 g/mol. The highest BCUT2D eigenvalue weighted by atomic mass is 16.2. The van der Waals surface area contributed by atoms with E-state index in [1.54, 1.807) is 0 Å². The van der Waals surface area contributed by atoms with Gasteiger partial charge in [0, 0.05) is 34.3 Å². The van der Waals surface area contributed by atoms with Crippen molar-refractivity contribution < 1.29 is 4.79 Å². The molecule has 0 saturated heterocycles. The first-order valence-electron chi connectivity index (χ1n) is 11.0. The Bertz CT molecular complexity index is 1340. The predicted octanol–water partition coefficient (Wildman–Crippen LogP) is 6.06. The maximum absolute atomic E-state index is 14.5. The van der Waals surface area contributed by atoms with Gasteiger partial charge in [0.2, 0.25) is 5.91 Å². The Kier molecular flexibility index (Phi) is 3.63. The van der Waals surface area contributed by atoms with Crippen molar-refractivity contribution in [3.8, 4) is 11.3 Å². The van der Waals surface area contributed by atoms with Crippen LogP contribution in [0.15, 0.2) is 78.9 Å². The van der Waals surface area contributed by atoms with Crippen LogP contribution in [-0.4, -0.2) is 22.6 Å². The maximum atomic E-state index is 14.5. The van der Waals surface area contributed by atoms with Crippen molar-refractivity contribution in [2.45, 2.75) is 38.1 Å². The van der Waals surface area contributed by atoms with Gasteiger partial charge in [-0.25, -0.2) is 0 Å². The van der Waals surface area contributed by atoms with Gasteiger partial charge in [-0.05, 0) is 51.0 Å². The summed E-state index contributed by atoms with van der Waals surface area (Å²) in [5.74, 6) is 0.194. The predicted molar refractivity (Wildman–Crippen MR) is 127 cm³/mol. The molecule has 0 spiro atoms. The van der Waals surface area contributed by atoms with Crippen LogP contribution in [0.4, 0.5) is 5.69 Å². The van der Waals surface area contributed by atoms with Crippen LogP contribution in [0, 0.1) is 0 Å². The van der Waals surface area contributed by atoms with Gasteiger partial charge >= 0.3 is 0 Å². The van der Waals surface area contributed by atoms with E-state index < -0.39 is 5.41 Å². The van der Waals surface area contributed by atoms with Gasteiger partial charge in [0.15, 0.2) is 0 Å². The van der Waals surface area contributed by atoms with Crippen molar-refractivity contribution in [2.24, 2.45) is 0 Å². The molecule has 3 nitrogen and oxygen atoms in total. The molecule has 0 fully saturated rings. The zero-order valence-corrected chi connectivity index (χ0v) is 18.2. The van der Waals surface area contributed by atoms with Gasteiger partial charge in [-0.3, -0.25) is 9.36 Å². The van der Waals surface area contributed by atoms with Gasteiger partial charge < -0.3 is 4.90 Å². The van der Waals surface area contributed by atoms with E-state index in [9.17, 15) is 4.79 Å². The number of aromatic nitrogens is 1. The van der Waals surface area contributed by atoms with Gasteiger partial charge in [0.1, 0.15) is 0 Å². The van der Waals surface area contributed by atoms with Crippen molar-refractivity contribution in [3.63, 3.8) is 0 Å². The van der Waals surface area contributed by atoms with Crippen LogP contribution >= 0.6 is 0 Å². The summed E-state index contributed by atoms with van der Waals surface area (Å²) < 4.78 is 1.98. The normalized spacial score (nSPS) is 19.6. The number of hydrogen-bond acceptors (Lipinski definition) is 2. The fourth-order valence-electron chi connectivity index (χ4n) is 5.64. The molecule has 3 aromatic carbocycles. The van der Waals surface area contributed by atoms with Crippen LogP contribution in [0.1, 0.15) is 36.7 Å². The summed E-state index contributed by atoms with van der Waals surface area (Å²) >= 11 is 0. The lowest BCUT2D eigenvalue weighted by Gasteiger charge is -2.38. The van der Waals surface area contributed by atoms with E-state index >= 15 is 0 Å². The van der Waals surface area contributed by atoms with Crippen LogP contribution < -0.4 is 4.90 Å². The summed E-state index contributed by atoms with van der Waals surface area (Å²) in [5.41, 5.74) is 6.13. The highest BCUT2D eigenvalue weighted by Gasteiger charge is 2.55. The smallest absolute Gasteiger partial charge is 0.244 e. The van der Waals surface area contributed by atoms with E-state index in [-0.39, 0.29) is 11.4 Å². The van der Waals surface area contributed by atoms with E-state index in [2.05, 4.69) is 86.3 Å². The SMILES string of the molecule is CC(C)(C)N1CC2(Cc3ccccc3)C(=O)n3c(cc4ccccc43)-c3cccc1c32. The van der Waals surface area contributed by atoms with E-state index in [0.717, 1.165) is 16.6 Å². The molecule has 1 aromatic heterocycles. The molecule has 6 rings (SSSR count). The lowest BCUT2D eigenvalue weighted by Crippen LogP contribution is -2.50. The van der Waals surface area contributed by atoms with Gasteiger partial charge in [-0.15, -0.1) is 0 Å². The molecule has 2 aliphatic heterocycles. The lowest BCUT2D eigenvalue weighted by molar-refractivity contribution is 0.0804. The first kappa shape index (κ1) is 18.4. The van der Waals surface area contributed by atoms with Gasteiger partial charge in [0.05, 0.1) is 16.6 Å². The number of fused-ring (bicyclic) bond motifs is 4. The third kappa shape index (κ3) is 2.43. The molecule has 0 radical (unpaired) electrons. The third-order valence-electron chi connectivity index (χ3n) is 7.00. The summed E-state index contributed by atoms with van der Waals surface area (Å²) in [6, 6.07) is 27.4. The Hall–Kier alpha value is -3.33. The Morgan fingerprint density at radius 3 is 2.42 bits per heavy atom. The molecule has 0 bridgehead atoms. The molecule has 1 atom stereocenters. The summed E-state index contributed by atoms with van der Waals surface area (Å²) in [7, 11) is 0. The number of anilines is 1. The highest BCUT2D eigenvalue weighted by molar-refractivity contribution is 6.09. The van der Waals surface area contributed by atoms with Gasteiger partial charge in [-0.1, -0.05) is 60.7 Å². The first-order chi connectivity index (χ1) is 14.9. The zero-order chi connectivity index (χ0) is 21.4. The molecule has 0 amide bonds. The Labute approximate surface area is 182 Å². The molecule has 0 N–H and O–H groups in total. The van der Waals surface area contributed by atoms with Crippen LogP contribution in [0.25, 0.3) is 22.2 Å². The second-order valence-corrected chi connectivity index (χ2v) is 9.93. The molecule has 1 unspecified atom stereocenters. The van der Waals surface area contributed by atoms with Crippen LogP contribution in [0.5, 0.6) is 0 Å². The van der Waals surface area contributed by atoms with Crippen molar-refractivity contribution in [1.82, 2.24) is 4.57 Å². The number of carbonyl (C=O) groups is 1. The average Bonchev–Trinajstić information content (AvgIpc) is 3.31. The highest BCUT2D eigenvalue weighted by Crippen LogP contribution is 2.54. The minimum absolute atomic E-state index is 0.0762. The van der Waals surface area contributed by atoms with Gasteiger partial charge in [-0.2, -0.15) is 0 Å². The standard InChI is InChI=1S/C28H26N2O/c1-27(2,3)29-18-28(17-19-10-5-4-6-11-19)25-21(13-9-15-23(25)29)24-16-20-12-7-8-14-22(20)30(24)26(28)31/h4-16H,17-18H2,1-3H3. The lowest BCUT2D eigenvalue weighted by atomic mass is 9.72. The van der Waals surface area contributed by atoms with E-state index in [0.29, 0.717) is 13.0 Å². The molecule has 3 heteroatoms. The minimum atomic E-state index is -0.602. The van der Waals surface area contributed by atoms with E-state index in [1.165, 1.54) is 22.4 Å². The fraction of sp³-hybridized carbons (Fsp3) is 0.250. The Balaban J connectivity index is 1.68. The molecule has 0 saturated carbocycles. The molecule has 154 valence electrons.